The fourth-order valence-corrected chi connectivity index (χ4v) is 2.55. The molecule has 0 radical (unpaired) electrons. The van der Waals surface area contributed by atoms with E-state index in [0.717, 1.165) is 12.1 Å². The Hall–Kier alpha value is -1.18. The second-order valence-corrected chi connectivity index (χ2v) is 6.56. The molecule has 0 aliphatic carbocycles. The van der Waals surface area contributed by atoms with Crippen LogP contribution in [-0.4, -0.2) is 26.7 Å². The third kappa shape index (κ3) is 3.66. The van der Waals surface area contributed by atoms with Crippen LogP contribution in [0.4, 0.5) is 10.1 Å². The van der Waals surface area contributed by atoms with Gasteiger partial charge in [-0.1, -0.05) is 13.8 Å². The summed E-state index contributed by atoms with van der Waals surface area (Å²) in [6, 6.07) is 3.15. The lowest BCUT2D eigenvalue weighted by Gasteiger charge is -2.22. The number of nitrogens with one attached hydrogen (secondary N) is 1. The van der Waals surface area contributed by atoms with Crippen LogP contribution in [0.25, 0.3) is 0 Å². The summed E-state index contributed by atoms with van der Waals surface area (Å²) in [6.45, 7) is 3.25. The van der Waals surface area contributed by atoms with E-state index in [4.69, 9.17) is 10.8 Å². The van der Waals surface area contributed by atoms with Gasteiger partial charge in [-0.05, 0) is 18.2 Å². The Labute approximate surface area is 106 Å². The highest BCUT2D eigenvalue weighted by Gasteiger charge is 2.23. The smallest absolute Gasteiger partial charge is 0.242 e. The monoisotopic (exact) mass is 276 g/mol. The van der Waals surface area contributed by atoms with Gasteiger partial charge in [0, 0.05) is 18.6 Å². The normalized spacial score (nSPS) is 12.7. The SMILES string of the molecule is CC(C)(CO)CNS(=O)(=O)c1cc(F)ccc1N. The summed E-state index contributed by atoms with van der Waals surface area (Å²) in [6.07, 6.45) is 0. The molecule has 4 N–H and O–H groups in total. The fraction of sp³-hybridized carbons (Fsp3) is 0.455. The molecule has 0 aliphatic heterocycles. The second kappa shape index (κ2) is 5.21. The number of anilines is 1. The topological polar surface area (TPSA) is 92.4 Å². The summed E-state index contributed by atoms with van der Waals surface area (Å²) in [7, 11) is -3.88. The zero-order chi connectivity index (χ0) is 14.0. The second-order valence-electron chi connectivity index (χ2n) is 4.83. The first kappa shape index (κ1) is 14.9. The summed E-state index contributed by atoms with van der Waals surface area (Å²) in [5, 5.41) is 9.04. The zero-order valence-electron chi connectivity index (χ0n) is 10.3. The van der Waals surface area contributed by atoms with Crippen LogP contribution in [-0.2, 0) is 10.0 Å². The zero-order valence-corrected chi connectivity index (χ0v) is 11.1. The molecule has 5 nitrogen and oxygen atoms in total. The molecule has 0 saturated carbocycles. The fourth-order valence-electron chi connectivity index (χ4n) is 1.16. The van der Waals surface area contributed by atoms with Crippen LogP contribution in [0.1, 0.15) is 13.8 Å². The first-order valence-corrected chi connectivity index (χ1v) is 6.82. The molecule has 0 unspecified atom stereocenters. The number of benzene rings is 1. The Morgan fingerprint density at radius 1 is 1.44 bits per heavy atom. The van der Waals surface area contributed by atoms with Crippen molar-refractivity contribution in [3.63, 3.8) is 0 Å². The molecule has 0 bridgehead atoms. The quantitative estimate of drug-likeness (QED) is 0.690. The summed E-state index contributed by atoms with van der Waals surface area (Å²) < 4.78 is 39.2. The van der Waals surface area contributed by atoms with E-state index in [0.29, 0.717) is 0 Å². The lowest BCUT2D eigenvalue weighted by Crippen LogP contribution is -2.36. The first-order valence-electron chi connectivity index (χ1n) is 5.33. The number of rotatable bonds is 5. The van der Waals surface area contributed by atoms with Gasteiger partial charge >= 0.3 is 0 Å². The minimum absolute atomic E-state index is 0.0225. The van der Waals surface area contributed by atoms with Gasteiger partial charge in [0.25, 0.3) is 0 Å². The molecule has 1 aromatic carbocycles. The number of aliphatic hydroxyl groups excluding tert-OH is 1. The van der Waals surface area contributed by atoms with Gasteiger partial charge in [0.2, 0.25) is 10.0 Å². The highest BCUT2D eigenvalue weighted by Crippen LogP contribution is 2.20. The number of nitrogens with two attached hydrogens (primary N) is 1. The van der Waals surface area contributed by atoms with Crippen molar-refractivity contribution >= 4 is 15.7 Å². The van der Waals surface area contributed by atoms with Gasteiger partial charge in [0.1, 0.15) is 10.7 Å². The van der Waals surface area contributed by atoms with E-state index in [1.807, 2.05) is 0 Å². The molecule has 0 spiro atoms. The van der Waals surface area contributed by atoms with Crippen LogP contribution in [0.3, 0.4) is 0 Å². The molecular weight excluding hydrogens is 259 g/mol. The van der Waals surface area contributed by atoms with Crippen LogP contribution < -0.4 is 10.5 Å². The standard InChI is InChI=1S/C11H17FN2O3S/c1-11(2,7-15)6-14-18(16,17)10-5-8(12)3-4-9(10)13/h3-5,14-15H,6-7,13H2,1-2H3. The molecule has 18 heavy (non-hydrogen) atoms. The van der Waals surface area contributed by atoms with Crippen LogP contribution in [0, 0.1) is 11.2 Å². The average Bonchev–Trinajstić information content (AvgIpc) is 2.30. The Kier molecular flexibility index (Phi) is 4.31. The minimum atomic E-state index is -3.88. The summed E-state index contributed by atoms with van der Waals surface area (Å²) in [5.74, 6) is -0.675. The molecular formula is C11H17FN2O3S. The van der Waals surface area contributed by atoms with E-state index in [1.165, 1.54) is 6.07 Å². The molecule has 7 heteroatoms. The lowest BCUT2D eigenvalue weighted by molar-refractivity contribution is 0.163. The molecule has 0 heterocycles. The van der Waals surface area contributed by atoms with Crippen LogP contribution in [0.15, 0.2) is 23.1 Å². The Morgan fingerprint density at radius 2 is 2.06 bits per heavy atom. The number of nitrogen functional groups attached to an aromatic ring is 1. The largest absolute Gasteiger partial charge is 0.398 e. The highest BCUT2D eigenvalue weighted by atomic mass is 32.2. The summed E-state index contributed by atoms with van der Waals surface area (Å²) in [5.41, 5.74) is 4.89. The van der Waals surface area contributed by atoms with Gasteiger partial charge in [0.05, 0.1) is 5.69 Å². The third-order valence-corrected chi connectivity index (χ3v) is 3.89. The number of hydrogen-bond acceptors (Lipinski definition) is 4. The predicted molar refractivity (Wildman–Crippen MR) is 66.9 cm³/mol. The molecule has 1 rings (SSSR count). The Morgan fingerprint density at radius 3 is 2.61 bits per heavy atom. The molecule has 1 aromatic rings. The number of halogens is 1. The number of aliphatic hydroxyl groups is 1. The van der Waals surface area contributed by atoms with E-state index >= 15 is 0 Å². The van der Waals surface area contributed by atoms with E-state index in [1.54, 1.807) is 13.8 Å². The van der Waals surface area contributed by atoms with E-state index in [2.05, 4.69) is 4.72 Å². The maximum absolute atomic E-state index is 13.0. The van der Waals surface area contributed by atoms with Gasteiger partial charge in [-0.25, -0.2) is 17.5 Å². The van der Waals surface area contributed by atoms with Crippen molar-refractivity contribution in [2.75, 3.05) is 18.9 Å². The van der Waals surface area contributed by atoms with Crippen molar-refractivity contribution in [3.05, 3.63) is 24.0 Å². The highest BCUT2D eigenvalue weighted by molar-refractivity contribution is 7.89. The van der Waals surface area contributed by atoms with E-state index in [-0.39, 0.29) is 23.7 Å². The average molecular weight is 276 g/mol. The molecule has 0 amide bonds. The molecule has 0 fully saturated rings. The van der Waals surface area contributed by atoms with Crippen molar-refractivity contribution in [1.29, 1.82) is 0 Å². The van der Waals surface area contributed by atoms with Crippen LogP contribution in [0.2, 0.25) is 0 Å². The molecule has 102 valence electrons. The number of hydrogen-bond donors (Lipinski definition) is 3. The lowest BCUT2D eigenvalue weighted by atomic mass is 9.96. The maximum Gasteiger partial charge on any atom is 0.242 e. The third-order valence-electron chi connectivity index (χ3n) is 2.43. The predicted octanol–water partition coefficient (Wildman–Crippen LogP) is 0.705. The van der Waals surface area contributed by atoms with Crippen LogP contribution in [0.5, 0.6) is 0 Å². The summed E-state index contributed by atoms with van der Waals surface area (Å²) in [4.78, 5) is -0.295. The van der Waals surface area contributed by atoms with Crippen molar-refractivity contribution in [2.45, 2.75) is 18.7 Å². The number of sulfonamides is 1. The van der Waals surface area contributed by atoms with Crippen molar-refractivity contribution in [3.8, 4) is 0 Å². The van der Waals surface area contributed by atoms with Crippen molar-refractivity contribution < 1.29 is 17.9 Å². The van der Waals surface area contributed by atoms with E-state index in [9.17, 15) is 12.8 Å². The molecule has 0 atom stereocenters. The maximum atomic E-state index is 13.0. The van der Waals surface area contributed by atoms with Crippen LogP contribution >= 0.6 is 0 Å². The Balaban J connectivity index is 2.97. The summed E-state index contributed by atoms with van der Waals surface area (Å²) >= 11 is 0. The van der Waals surface area contributed by atoms with Gasteiger partial charge in [-0.3, -0.25) is 0 Å². The van der Waals surface area contributed by atoms with Gasteiger partial charge in [0.15, 0.2) is 0 Å². The minimum Gasteiger partial charge on any atom is -0.398 e. The molecule has 0 aromatic heterocycles. The van der Waals surface area contributed by atoms with Crippen molar-refractivity contribution in [1.82, 2.24) is 4.72 Å². The van der Waals surface area contributed by atoms with Gasteiger partial charge < -0.3 is 10.8 Å². The van der Waals surface area contributed by atoms with Crippen molar-refractivity contribution in [2.24, 2.45) is 5.41 Å². The Bertz CT molecular complexity index is 529. The van der Waals surface area contributed by atoms with Gasteiger partial charge in [-0.2, -0.15) is 0 Å². The molecule has 0 saturated heterocycles. The van der Waals surface area contributed by atoms with E-state index < -0.39 is 21.3 Å². The molecule has 0 aliphatic rings. The first-order chi connectivity index (χ1) is 8.18. The van der Waals surface area contributed by atoms with Gasteiger partial charge in [-0.15, -0.1) is 0 Å².